The van der Waals surface area contributed by atoms with Crippen LogP contribution in [0.5, 0.6) is 0 Å². The molecule has 1 atom stereocenters. The third-order valence-electron chi connectivity index (χ3n) is 3.16. The number of benzene rings is 1. The highest BCUT2D eigenvalue weighted by atomic mass is 19.1. The number of hydrogen-bond acceptors (Lipinski definition) is 2. The minimum Gasteiger partial charge on any atom is -0.338 e. The van der Waals surface area contributed by atoms with Crippen molar-refractivity contribution in [2.75, 3.05) is 13.1 Å². The van der Waals surface area contributed by atoms with Gasteiger partial charge in [-0.05, 0) is 18.1 Å². The van der Waals surface area contributed by atoms with E-state index in [1.54, 1.807) is 17.0 Å². The van der Waals surface area contributed by atoms with Crippen LogP contribution in [-0.2, 0) is 11.3 Å². The second-order valence-electron chi connectivity index (χ2n) is 4.90. The summed E-state index contributed by atoms with van der Waals surface area (Å²) >= 11 is 0. The number of rotatable bonds is 2. The Kier molecular flexibility index (Phi) is 4.18. The van der Waals surface area contributed by atoms with E-state index in [-0.39, 0.29) is 18.3 Å². The second-order valence-corrected chi connectivity index (χ2v) is 4.90. The molecule has 2 rings (SSSR count). The Hall–Kier alpha value is -1.86. The van der Waals surface area contributed by atoms with Crippen molar-refractivity contribution < 1.29 is 9.18 Å². The van der Waals surface area contributed by atoms with Gasteiger partial charge in [0.1, 0.15) is 5.82 Å². The van der Waals surface area contributed by atoms with Crippen LogP contribution in [0.15, 0.2) is 18.2 Å². The topological polar surface area (TPSA) is 46.3 Å². The molecule has 0 saturated carbocycles. The molecule has 4 heteroatoms. The Bertz CT molecular complexity index is 545. The van der Waals surface area contributed by atoms with Gasteiger partial charge in [0.15, 0.2) is 0 Å². The number of nitrogens with zero attached hydrogens (tertiary/aromatic N) is 1. The fourth-order valence-corrected chi connectivity index (χ4v) is 2.23. The summed E-state index contributed by atoms with van der Waals surface area (Å²) < 4.78 is 13.9. The number of halogens is 1. The summed E-state index contributed by atoms with van der Waals surface area (Å²) in [5.74, 6) is 5.60. The van der Waals surface area contributed by atoms with Crippen LogP contribution in [0.25, 0.3) is 0 Å². The summed E-state index contributed by atoms with van der Waals surface area (Å²) in [6.45, 7) is 3.32. The summed E-state index contributed by atoms with van der Waals surface area (Å²) in [6, 6.07) is 4.83. The highest BCUT2D eigenvalue weighted by Gasteiger charge is 2.26. The molecule has 0 spiro atoms. The number of amides is 1. The number of carbonyl (C=O) groups excluding carboxylic acids is 1. The van der Waals surface area contributed by atoms with Crippen molar-refractivity contribution in [2.24, 2.45) is 11.7 Å². The first-order valence-corrected chi connectivity index (χ1v) is 6.35. The molecule has 1 amide bonds. The summed E-state index contributed by atoms with van der Waals surface area (Å²) in [6.07, 6.45) is 0.557. The van der Waals surface area contributed by atoms with Crippen molar-refractivity contribution in [1.82, 2.24) is 4.90 Å². The first kappa shape index (κ1) is 13.6. The van der Waals surface area contributed by atoms with E-state index in [0.717, 1.165) is 0 Å². The minimum absolute atomic E-state index is 0.0962. The summed E-state index contributed by atoms with van der Waals surface area (Å²) in [7, 11) is 0. The van der Waals surface area contributed by atoms with E-state index in [2.05, 4.69) is 11.8 Å². The molecular formula is C15H17FN2O. The number of carbonyl (C=O) groups is 1. The SMILES string of the molecule is CC1CC(=O)N(Cc2ccc(C#CCN)cc2F)C1. The molecule has 0 radical (unpaired) electrons. The van der Waals surface area contributed by atoms with Crippen LogP contribution >= 0.6 is 0 Å². The fourth-order valence-electron chi connectivity index (χ4n) is 2.23. The van der Waals surface area contributed by atoms with Gasteiger partial charge >= 0.3 is 0 Å². The van der Waals surface area contributed by atoms with E-state index >= 15 is 0 Å². The van der Waals surface area contributed by atoms with Crippen molar-refractivity contribution in [1.29, 1.82) is 0 Å². The van der Waals surface area contributed by atoms with E-state index < -0.39 is 0 Å². The zero-order valence-electron chi connectivity index (χ0n) is 10.9. The third-order valence-corrected chi connectivity index (χ3v) is 3.16. The average molecular weight is 260 g/mol. The zero-order valence-corrected chi connectivity index (χ0v) is 10.9. The zero-order chi connectivity index (χ0) is 13.8. The molecular weight excluding hydrogens is 243 g/mol. The Morgan fingerprint density at radius 3 is 2.89 bits per heavy atom. The Morgan fingerprint density at radius 1 is 1.53 bits per heavy atom. The smallest absolute Gasteiger partial charge is 0.223 e. The van der Waals surface area contributed by atoms with Gasteiger partial charge in [-0.2, -0.15) is 0 Å². The van der Waals surface area contributed by atoms with Crippen molar-refractivity contribution in [3.05, 3.63) is 35.1 Å². The molecule has 1 unspecified atom stereocenters. The van der Waals surface area contributed by atoms with Gasteiger partial charge in [-0.15, -0.1) is 0 Å². The minimum atomic E-state index is -0.323. The monoisotopic (exact) mass is 260 g/mol. The van der Waals surface area contributed by atoms with Crippen LogP contribution in [0, 0.1) is 23.6 Å². The predicted octanol–water partition coefficient (Wildman–Crippen LogP) is 1.50. The van der Waals surface area contributed by atoms with Crippen LogP contribution in [0.1, 0.15) is 24.5 Å². The van der Waals surface area contributed by atoms with Crippen LogP contribution in [0.4, 0.5) is 4.39 Å². The summed E-state index contributed by atoms with van der Waals surface area (Å²) in [4.78, 5) is 13.4. The largest absolute Gasteiger partial charge is 0.338 e. The molecule has 1 aromatic rings. The van der Waals surface area contributed by atoms with Gasteiger partial charge in [0.25, 0.3) is 0 Å². The molecule has 1 aliphatic heterocycles. The molecule has 1 aromatic carbocycles. The van der Waals surface area contributed by atoms with E-state index in [9.17, 15) is 9.18 Å². The molecule has 1 saturated heterocycles. The maximum absolute atomic E-state index is 13.9. The van der Waals surface area contributed by atoms with Gasteiger partial charge in [0.2, 0.25) is 5.91 Å². The van der Waals surface area contributed by atoms with Crippen molar-refractivity contribution >= 4 is 5.91 Å². The van der Waals surface area contributed by atoms with Gasteiger partial charge in [-0.1, -0.05) is 24.8 Å². The van der Waals surface area contributed by atoms with Crippen LogP contribution < -0.4 is 5.73 Å². The van der Waals surface area contributed by atoms with E-state index in [0.29, 0.717) is 36.6 Å². The first-order valence-electron chi connectivity index (χ1n) is 6.35. The molecule has 2 N–H and O–H groups in total. The average Bonchev–Trinajstić information content (AvgIpc) is 2.68. The van der Waals surface area contributed by atoms with Gasteiger partial charge < -0.3 is 10.6 Å². The van der Waals surface area contributed by atoms with Crippen LogP contribution in [0.2, 0.25) is 0 Å². The Morgan fingerprint density at radius 2 is 2.32 bits per heavy atom. The molecule has 3 nitrogen and oxygen atoms in total. The Balaban J connectivity index is 2.11. The lowest BCUT2D eigenvalue weighted by Gasteiger charge is -2.16. The van der Waals surface area contributed by atoms with Crippen molar-refractivity contribution in [3.63, 3.8) is 0 Å². The number of nitrogens with two attached hydrogens (primary N) is 1. The molecule has 1 heterocycles. The van der Waals surface area contributed by atoms with Gasteiger partial charge in [-0.25, -0.2) is 4.39 Å². The van der Waals surface area contributed by atoms with Crippen molar-refractivity contribution in [2.45, 2.75) is 19.9 Å². The lowest BCUT2D eigenvalue weighted by atomic mass is 10.1. The normalized spacial score (nSPS) is 18.4. The molecule has 100 valence electrons. The number of hydrogen-bond donors (Lipinski definition) is 1. The Labute approximate surface area is 112 Å². The van der Waals surface area contributed by atoms with Gasteiger partial charge in [0.05, 0.1) is 6.54 Å². The van der Waals surface area contributed by atoms with E-state index in [1.807, 2.05) is 6.92 Å². The number of likely N-dealkylation sites (tertiary alicyclic amines) is 1. The molecule has 1 fully saturated rings. The summed E-state index contributed by atoms with van der Waals surface area (Å²) in [5, 5.41) is 0. The lowest BCUT2D eigenvalue weighted by Crippen LogP contribution is -2.24. The van der Waals surface area contributed by atoms with E-state index in [1.165, 1.54) is 6.07 Å². The maximum atomic E-state index is 13.9. The predicted molar refractivity (Wildman–Crippen MR) is 71.5 cm³/mol. The van der Waals surface area contributed by atoms with Crippen molar-refractivity contribution in [3.8, 4) is 11.8 Å². The van der Waals surface area contributed by atoms with Crippen LogP contribution in [-0.4, -0.2) is 23.9 Å². The van der Waals surface area contributed by atoms with Crippen LogP contribution in [0.3, 0.4) is 0 Å². The standard InChI is InChI=1S/C15H17FN2O/c1-11-7-15(19)18(9-11)10-13-5-4-12(3-2-6-17)8-14(13)16/h4-5,8,11H,6-7,9-10,17H2,1H3. The lowest BCUT2D eigenvalue weighted by molar-refractivity contribution is -0.128. The highest BCUT2D eigenvalue weighted by Crippen LogP contribution is 2.20. The molecule has 0 bridgehead atoms. The van der Waals surface area contributed by atoms with Gasteiger partial charge in [-0.3, -0.25) is 4.79 Å². The first-order chi connectivity index (χ1) is 9.10. The van der Waals surface area contributed by atoms with E-state index in [4.69, 9.17) is 5.73 Å². The fraction of sp³-hybridized carbons (Fsp3) is 0.400. The highest BCUT2D eigenvalue weighted by molar-refractivity contribution is 5.78. The molecule has 19 heavy (non-hydrogen) atoms. The maximum Gasteiger partial charge on any atom is 0.223 e. The molecule has 1 aliphatic rings. The third kappa shape index (κ3) is 3.33. The quantitative estimate of drug-likeness (QED) is 0.819. The van der Waals surface area contributed by atoms with Gasteiger partial charge in [0, 0.05) is 30.6 Å². The second kappa shape index (κ2) is 5.85. The summed E-state index contributed by atoms with van der Waals surface area (Å²) in [5.41, 5.74) is 6.40. The molecule has 0 aromatic heterocycles. The molecule has 0 aliphatic carbocycles.